The molecular weight excluding hydrogens is 254 g/mol. The van der Waals surface area contributed by atoms with E-state index in [0.717, 1.165) is 19.3 Å². The summed E-state index contributed by atoms with van der Waals surface area (Å²) in [5, 5.41) is 0. The van der Waals surface area contributed by atoms with Crippen molar-refractivity contribution in [3.8, 4) is 5.75 Å². The predicted molar refractivity (Wildman–Crippen MR) is 81.0 cm³/mol. The molecule has 0 aliphatic carbocycles. The SMILES string of the molecule is CCCCC(CC)COC(=O)c1ccc(OC)cc1N. The number of methoxy groups -OCH3 is 1. The summed E-state index contributed by atoms with van der Waals surface area (Å²) in [6.45, 7) is 4.74. The number of esters is 1. The zero-order valence-electron chi connectivity index (χ0n) is 12.6. The first kappa shape index (κ1) is 16.3. The molecule has 0 amide bonds. The van der Waals surface area contributed by atoms with Gasteiger partial charge in [0.2, 0.25) is 0 Å². The van der Waals surface area contributed by atoms with E-state index in [1.54, 1.807) is 25.3 Å². The second-order valence-electron chi connectivity index (χ2n) is 4.97. The molecule has 1 unspecified atom stereocenters. The van der Waals surface area contributed by atoms with Crippen molar-refractivity contribution >= 4 is 11.7 Å². The topological polar surface area (TPSA) is 61.5 Å². The Morgan fingerprint density at radius 1 is 1.35 bits per heavy atom. The highest BCUT2D eigenvalue weighted by molar-refractivity contribution is 5.95. The van der Waals surface area contributed by atoms with Crippen LogP contribution in [0.4, 0.5) is 5.69 Å². The van der Waals surface area contributed by atoms with Crippen molar-refractivity contribution in [1.29, 1.82) is 0 Å². The van der Waals surface area contributed by atoms with Crippen molar-refractivity contribution < 1.29 is 14.3 Å². The predicted octanol–water partition coefficient (Wildman–Crippen LogP) is 3.65. The van der Waals surface area contributed by atoms with Crippen LogP contribution in [-0.4, -0.2) is 19.7 Å². The monoisotopic (exact) mass is 279 g/mol. The van der Waals surface area contributed by atoms with E-state index in [-0.39, 0.29) is 5.97 Å². The summed E-state index contributed by atoms with van der Waals surface area (Å²) in [5.41, 5.74) is 6.62. The van der Waals surface area contributed by atoms with Gasteiger partial charge in [-0.1, -0.05) is 33.1 Å². The van der Waals surface area contributed by atoms with Crippen LogP contribution in [0.2, 0.25) is 0 Å². The number of carbonyl (C=O) groups is 1. The van der Waals surface area contributed by atoms with Crippen molar-refractivity contribution in [3.05, 3.63) is 23.8 Å². The van der Waals surface area contributed by atoms with Crippen molar-refractivity contribution in [2.75, 3.05) is 19.5 Å². The number of unbranched alkanes of at least 4 members (excludes halogenated alkanes) is 1. The smallest absolute Gasteiger partial charge is 0.340 e. The summed E-state index contributed by atoms with van der Waals surface area (Å²) in [7, 11) is 1.56. The summed E-state index contributed by atoms with van der Waals surface area (Å²) in [4.78, 5) is 12.0. The molecular formula is C16H25NO3. The van der Waals surface area contributed by atoms with Crippen molar-refractivity contribution in [2.24, 2.45) is 5.92 Å². The van der Waals surface area contributed by atoms with Gasteiger partial charge in [-0.2, -0.15) is 0 Å². The van der Waals surface area contributed by atoms with Crippen molar-refractivity contribution in [2.45, 2.75) is 39.5 Å². The Bertz CT molecular complexity index is 432. The van der Waals surface area contributed by atoms with E-state index in [2.05, 4.69) is 13.8 Å². The van der Waals surface area contributed by atoms with Crippen LogP contribution in [0.5, 0.6) is 5.75 Å². The van der Waals surface area contributed by atoms with Gasteiger partial charge in [0.1, 0.15) is 5.75 Å². The fraction of sp³-hybridized carbons (Fsp3) is 0.562. The Morgan fingerprint density at radius 3 is 2.65 bits per heavy atom. The minimum atomic E-state index is -0.361. The summed E-state index contributed by atoms with van der Waals surface area (Å²) >= 11 is 0. The van der Waals surface area contributed by atoms with E-state index >= 15 is 0 Å². The summed E-state index contributed by atoms with van der Waals surface area (Å²) in [6, 6.07) is 4.98. The normalized spacial score (nSPS) is 11.9. The zero-order valence-corrected chi connectivity index (χ0v) is 12.6. The van der Waals surface area contributed by atoms with E-state index in [1.807, 2.05) is 0 Å². The number of nitrogens with two attached hydrogens (primary N) is 1. The van der Waals surface area contributed by atoms with Gasteiger partial charge in [-0.05, 0) is 24.5 Å². The Labute approximate surface area is 121 Å². The first-order chi connectivity index (χ1) is 9.62. The third kappa shape index (κ3) is 4.76. The molecule has 0 saturated heterocycles. The molecule has 20 heavy (non-hydrogen) atoms. The molecule has 0 aliphatic rings. The van der Waals surface area contributed by atoms with Crippen LogP contribution in [0.25, 0.3) is 0 Å². The van der Waals surface area contributed by atoms with Crippen LogP contribution < -0.4 is 10.5 Å². The lowest BCUT2D eigenvalue weighted by atomic mass is 10.0. The highest BCUT2D eigenvalue weighted by Crippen LogP contribution is 2.21. The second-order valence-corrected chi connectivity index (χ2v) is 4.97. The third-order valence-electron chi connectivity index (χ3n) is 3.47. The second kappa shape index (κ2) is 8.46. The van der Waals surface area contributed by atoms with E-state index in [4.69, 9.17) is 15.2 Å². The molecule has 0 heterocycles. The average molecular weight is 279 g/mol. The number of benzene rings is 1. The molecule has 1 aromatic carbocycles. The Balaban J connectivity index is 2.57. The summed E-state index contributed by atoms with van der Waals surface area (Å²) in [5.74, 6) is 0.701. The number of hydrogen-bond donors (Lipinski definition) is 1. The molecule has 1 aromatic rings. The van der Waals surface area contributed by atoms with E-state index in [9.17, 15) is 4.79 Å². The van der Waals surface area contributed by atoms with E-state index in [1.165, 1.54) is 6.42 Å². The van der Waals surface area contributed by atoms with Crippen LogP contribution in [0.1, 0.15) is 49.9 Å². The van der Waals surface area contributed by atoms with Gasteiger partial charge in [-0.3, -0.25) is 0 Å². The van der Waals surface area contributed by atoms with E-state index in [0.29, 0.717) is 29.5 Å². The van der Waals surface area contributed by atoms with Crippen LogP contribution >= 0.6 is 0 Å². The molecule has 0 aliphatic heterocycles. The van der Waals surface area contributed by atoms with Gasteiger partial charge in [-0.25, -0.2) is 4.79 Å². The van der Waals surface area contributed by atoms with Gasteiger partial charge < -0.3 is 15.2 Å². The summed E-state index contributed by atoms with van der Waals surface area (Å²) in [6.07, 6.45) is 4.44. The quantitative estimate of drug-likeness (QED) is 0.583. The van der Waals surface area contributed by atoms with E-state index < -0.39 is 0 Å². The Morgan fingerprint density at radius 2 is 2.10 bits per heavy atom. The average Bonchev–Trinajstić information content (AvgIpc) is 2.47. The molecule has 112 valence electrons. The lowest BCUT2D eigenvalue weighted by molar-refractivity contribution is 0.0429. The fourth-order valence-electron chi connectivity index (χ4n) is 2.02. The molecule has 0 spiro atoms. The molecule has 0 fully saturated rings. The van der Waals surface area contributed by atoms with Crippen LogP contribution in [0.3, 0.4) is 0 Å². The molecule has 0 radical (unpaired) electrons. The Hall–Kier alpha value is -1.71. The number of nitrogen functional groups attached to an aromatic ring is 1. The number of ether oxygens (including phenoxy) is 2. The summed E-state index contributed by atoms with van der Waals surface area (Å²) < 4.78 is 10.4. The fourth-order valence-corrected chi connectivity index (χ4v) is 2.02. The lowest BCUT2D eigenvalue weighted by Crippen LogP contribution is -2.15. The maximum absolute atomic E-state index is 12.0. The van der Waals surface area contributed by atoms with Gasteiger partial charge in [-0.15, -0.1) is 0 Å². The van der Waals surface area contributed by atoms with Crippen LogP contribution in [-0.2, 0) is 4.74 Å². The van der Waals surface area contributed by atoms with Crippen LogP contribution in [0, 0.1) is 5.92 Å². The van der Waals surface area contributed by atoms with Gasteiger partial charge in [0.15, 0.2) is 0 Å². The highest BCUT2D eigenvalue weighted by atomic mass is 16.5. The van der Waals surface area contributed by atoms with Gasteiger partial charge in [0.25, 0.3) is 0 Å². The molecule has 0 saturated carbocycles. The molecule has 0 bridgehead atoms. The highest BCUT2D eigenvalue weighted by Gasteiger charge is 2.14. The molecule has 4 heteroatoms. The number of anilines is 1. The zero-order chi connectivity index (χ0) is 15.0. The van der Waals surface area contributed by atoms with Gasteiger partial charge in [0.05, 0.1) is 19.3 Å². The largest absolute Gasteiger partial charge is 0.497 e. The molecule has 2 N–H and O–H groups in total. The first-order valence-corrected chi connectivity index (χ1v) is 7.22. The number of rotatable bonds is 8. The maximum atomic E-state index is 12.0. The number of carbonyl (C=O) groups excluding carboxylic acids is 1. The van der Waals surface area contributed by atoms with Crippen molar-refractivity contribution in [3.63, 3.8) is 0 Å². The van der Waals surface area contributed by atoms with Crippen LogP contribution in [0.15, 0.2) is 18.2 Å². The molecule has 0 aromatic heterocycles. The Kier molecular flexibility index (Phi) is 6.91. The van der Waals surface area contributed by atoms with Crippen molar-refractivity contribution in [1.82, 2.24) is 0 Å². The first-order valence-electron chi connectivity index (χ1n) is 7.22. The van der Waals surface area contributed by atoms with Gasteiger partial charge in [0, 0.05) is 11.8 Å². The standard InChI is InChI=1S/C16H25NO3/c1-4-6-7-12(5-2)11-20-16(18)14-9-8-13(19-3)10-15(14)17/h8-10,12H,4-7,11,17H2,1-3H3. The number of hydrogen-bond acceptors (Lipinski definition) is 4. The molecule has 4 nitrogen and oxygen atoms in total. The minimum Gasteiger partial charge on any atom is -0.497 e. The third-order valence-corrected chi connectivity index (χ3v) is 3.47. The lowest BCUT2D eigenvalue weighted by Gasteiger charge is -2.15. The van der Waals surface area contributed by atoms with Gasteiger partial charge >= 0.3 is 5.97 Å². The molecule has 1 rings (SSSR count). The minimum absolute atomic E-state index is 0.361. The molecule has 1 atom stereocenters. The maximum Gasteiger partial charge on any atom is 0.340 e.